The molecule has 8 heteroatoms. The van der Waals surface area contributed by atoms with E-state index in [4.69, 9.17) is 9.47 Å². The summed E-state index contributed by atoms with van der Waals surface area (Å²) in [5, 5.41) is 2.82. The standard InChI is InChI=1S/C28H29N3O5/c1-4-36-24-14-10-21(11-15-24)29-26(32)17-25-27(33)31(22-7-5-6-19(2)16-22)28(34)30(25)18-20-8-12-23(35-3)13-9-20/h5-16,25H,4,17-18H2,1-3H3,(H,29,32)/t25-/m0/s1. The highest BCUT2D eigenvalue weighted by atomic mass is 16.5. The fourth-order valence-corrected chi connectivity index (χ4v) is 4.13. The van der Waals surface area contributed by atoms with Gasteiger partial charge in [0.15, 0.2) is 0 Å². The Labute approximate surface area is 210 Å². The number of amides is 4. The van der Waals surface area contributed by atoms with Gasteiger partial charge in [0.2, 0.25) is 5.91 Å². The fourth-order valence-electron chi connectivity index (χ4n) is 4.13. The molecule has 1 aliphatic heterocycles. The second-order valence-corrected chi connectivity index (χ2v) is 8.50. The van der Waals surface area contributed by atoms with Crippen LogP contribution in [0.25, 0.3) is 0 Å². The summed E-state index contributed by atoms with van der Waals surface area (Å²) in [6.45, 7) is 4.52. The normalized spacial score (nSPS) is 15.2. The van der Waals surface area contributed by atoms with Crippen LogP contribution >= 0.6 is 0 Å². The molecule has 1 N–H and O–H groups in total. The van der Waals surface area contributed by atoms with Gasteiger partial charge in [-0.25, -0.2) is 9.69 Å². The van der Waals surface area contributed by atoms with Crippen LogP contribution in [0.5, 0.6) is 11.5 Å². The zero-order valence-corrected chi connectivity index (χ0v) is 20.6. The molecular weight excluding hydrogens is 458 g/mol. The van der Waals surface area contributed by atoms with Crippen LogP contribution in [0.4, 0.5) is 16.2 Å². The summed E-state index contributed by atoms with van der Waals surface area (Å²) in [4.78, 5) is 42.5. The van der Waals surface area contributed by atoms with Crippen molar-refractivity contribution in [1.82, 2.24) is 4.90 Å². The zero-order valence-electron chi connectivity index (χ0n) is 20.6. The maximum atomic E-state index is 13.5. The van der Waals surface area contributed by atoms with Crippen molar-refractivity contribution in [2.75, 3.05) is 23.9 Å². The largest absolute Gasteiger partial charge is 0.497 e. The first kappa shape index (κ1) is 24.8. The summed E-state index contributed by atoms with van der Waals surface area (Å²) in [5.74, 6) is 0.596. The maximum absolute atomic E-state index is 13.5. The second kappa shape index (κ2) is 10.9. The Kier molecular flexibility index (Phi) is 7.53. The van der Waals surface area contributed by atoms with Gasteiger partial charge in [-0.1, -0.05) is 24.3 Å². The van der Waals surface area contributed by atoms with Crippen molar-refractivity contribution in [3.05, 3.63) is 83.9 Å². The molecule has 0 unspecified atom stereocenters. The highest BCUT2D eigenvalue weighted by Gasteiger charge is 2.46. The highest BCUT2D eigenvalue weighted by molar-refractivity contribution is 6.22. The molecule has 1 aliphatic rings. The zero-order chi connectivity index (χ0) is 25.7. The molecule has 0 bridgehead atoms. The van der Waals surface area contributed by atoms with Crippen LogP contribution in [-0.2, 0) is 16.1 Å². The minimum absolute atomic E-state index is 0.170. The number of rotatable bonds is 9. The number of aryl methyl sites for hydroxylation is 1. The molecule has 0 aromatic heterocycles. The van der Waals surface area contributed by atoms with Gasteiger partial charge in [-0.3, -0.25) is 9.59 Å². The number of imide groups is 1. The lowest BCUT2D eigenvalue weighted by atomic mass is 10.1. The van der Waals surface area contributed by atoms with Gasteiger partial charge in [0.25, 0.3) is 5.91 Å². The minimum atomic E-state index is -0.942. The summed E-state index contributed by atoms with van der Waals surface area (Å²) < 4.78 is 10.6. The van der Waals surface area contributed by atoms with Crippen LogP contribution in [0.3, 0.4) is 0 Å². The first-order chi connectivity index (χ1) is 17.4. The minimum Gasteiger partial charge on any atom is -0.497 e. The number of ether oxygens (including phenoxy) is 2. The molecule has 1 atom stereocenters. The molecule has 0 radical (unpaired) electrons. The molecule has 4 amide bonds. The first-order valence-electron chi connectivity index (χ1n) is 11.8. The van der Waals surface area contributed by atoms with Gasteiger partial charge in [-0.15, -0.1) is 0 Å². The van der Waals surface area contributed by atoms with E-state index in [9.17, 15) is 14.4 Å². The predicted molar refractivity (Wildman–Crippen MR) is 137 cm³/mol. The number of methoxy groups -OCH3 is 1. The molecule has 1 heterocycles. The molecule has 4 rings (SSSR count). The lowest BCUT2D eigenvalue weighted by Gasteiger charge is -2.22. The molecular formula is C28H29N3O5. The van der Waals surface area contributed by atoms with Crippen molar-refractivity contribution in [3.63, 3.8) is 0 Å². The van der Waals surface area contributed by atoms with Gasteiger partial charge in [0.1, 0.15) is 17.5 Å². The van der Waals surface area contributed by atoms with Gasteiger partial charge in [0.05, 0.1) is 25.8 Å². The Balaban J connectivity index is 1.56. The van der Waals surface area contributed by atoms with E-state index in [1.165, 1.54) is 4.90 Å². The van der Waals surface area contributed by atoms with Crippen molar-refractivity contribution in [1.29, 1.82) is 0 Å². The van der Waals surface area contributed by atoms with Crippen molar-refractivity contribution in [2.45, 2.75) is 32.9 Å². The monoisotopic (exact) mass is 487 g/mol. The molecule has 8 nitrogen and oxygen atoms in total. The maximum Gasteiger partial charge on any atom is 0.332 e. The van der Waals surface area contributed by atoms with Crippen molar-refractivity contribution in [2.24, 2.45) is 0 Å². The number of carbonyl (C=O) groups excluding carboxylic acids is 3. The molecule has 0 spiro atoms. The van der Waals surface area contributed by atoms with E-state index < -0.39 is 18.0 Å². The van der Waals surface area contributed by atoms with Crippen LogP contribution in [-0.4, -0.2) is 42.5 Å². The van der Waals surface area contributed by atoms with E-state index in [0.717, 1.165) is 16.0 Å². The summed E-state index contributed by atoms with van der Waals surface area (Å²) in [5.41, 5.74) is 2.81. The second-order valence-electron chi connectivity index (χ2n) is 8.50. The van der Waals surface area contributed by atoms with Crippen LogP contribution < -0.4 is 19.7 Å². The van der Waals surface area contributed by atoms with Crippen LogP contribution in [0.15, 0.2) is 72.8 Å². The number of urea groups is 1. The molecule has 36 heavy (non-hydrogen) atoms. The number of hydrogen-bond donors (Lipinski definition) is 1. The number of nitrogens with one attached hydrogen (secondary N) is 1. The third-order valence-corrected chi connectivity index (χ3v) is 5.92. The van der Waals surface area contributed by atoms with Crippen LogP contribution in [0.1, 0.15) is 24.5 Å². The quantitative estimate of drug-likeness (QED) is 0.440. The van der Waals surface area contributed by atoms with Gasteiger partial charge in [-0.2, -0.15) is 0 Å². The smallest absolute Gasteiger partial charge is 0.332 e. The number of nitrogens with zero attached hydrogens (tertiary/aromatic N) is 2. The van der Waals surface area contributed by atoms with Gasteiger partial charge in [0, 0.05) is 12.2 Å². The van der Waals surface area contributed by atoms with E-state index >= 15 is 0 Å². The lowest BCUT2D eigenvalue weighted by Crippen LogP contribution is -2.37. The topological polar surface area (TPSA) is 88.2 Å². The summed E-state index contributed by atoms with van der Waals surface area (Å²) in [7, 11) is 1.58. The van der Waals surface area contributed by atoms with E-state index in [1.54, 1.807) is 61.7 Å². The highest BCUT2D eigenvalue weighted by Crippen LogP contribution is 2.29. The molecule has 3 aromatic carbocycles. The fraction of sp³-hybridized carbons (Fsp3) is 0.250. The van der Waals surface area contributed by atoms with Gasteiger partial charge < -0.3 is 19.7 Å². The summed E-state index contributed by atoms with van der Waals surface area (Å²) in [6.07, 6.45) is -0.170. The molecule has 3 aromatic rings. The molecule has 1 saturated heterocycles. The predicted octanol–water partition coefficient (Wildman–Crippen LogP) is 4.77. The van der Waals surface area contributed by atoms with E-state index in [2.05, 4.69) is 5.32 Å². The Morgan fingerprint density at radius 2 is 1.67 bits per heavy atom. The molecule has 186 valence electrons. The number of hydrogen-bond acceptors (Lipinski definition) is 5. The number of benzene rings is 3. The van der Waals surface area contributed by atoms with Crippen molar-refractivity contribution in [3.8, 4) is 11.5 Å². The van der Waals surface area contributed by atoms with Gasteiger partial charge >= 0.3 is 6.03 Å². The third kappa shape index (κ3) is 5.49. The Hall–Kier alpha value is -4.33. The summed E-state index contributed by atoms with van der Waals surface area (Å²) in [6, 6.07) is 20.0. The van der Waals surface area contributed by atoms with Crippen LogP contribution in [0.2, 0.25) is 0 Å². The molecule has 0 saturated carbocycles. The average molecular weight is 488 g/mol. The SMILES string of the molecule is CCOc1ccc(NC(=O)C[C@H]2C(=O)N(c3cccc(C)c3)C(=O)N2Cc2ccc(OC)cc2)cc1. The third-order valence-electron chi connectivity index (χ3n) is 5.92. The van der Waals surface area contributed by atoms with Crippen molar-refractivity contribution >= 4 is 29.2 Å². The first-order valence-corrected chi connectivity index (χ1v) is 11.8. The van der Waals surface area contributed by atoms with Crippen LogP contribution in [0, 0.1) is 6.92 Å². The Bertz CT molecular complexity index is 1240. The van der Waals surface area contributed by atoms with E-state index in [0.29, 0.717) is 29.5 Å². The van der Waals surface area contributed by atoms with E-state index in [1.807, 2.05) is 32.0 Å². The lowest BCUT2D eigenvalue weighted by molar-refractivity contribution is -0.124. The number of carbonyl (C=O) groups is 3. The van der Waals surface area contributed by atoms with E-state index in [-0.39, 0.29) is 18.9 Å². The number of anilines is 2. The Morgan fingerprint density at radius 3 is 2.31 bits per heavy atom. The average Bonchev–Trinajstić information content (AvgIpc) is 3.09. The Morgan fingerprint density at radius 1 is 0.972 bits per heavy atom. The molecule has 1 fully saturated rings. The summed E-state index contributed by atoms with van der Waals surface area (Å²) >= 11 is 0. The molecule has 0 aliphatic carbocycles. The van der Waals surface area contributed by atoms with Crippen molar-refractivity contribution < 1.29 is 23.9 Å². The van der Waals surface area contributed by atoms with Gasteiger partial charge in [-0.05, 0) is 73.5 Å².